The summed E-state index contributed by atoms with van der Waals surface area (Å²) in [5.41, 5.74) is 6.39. The minimum absolute atomic E-state index is 0.0382. The van der Waals surface area contributed by atoms with Crippen LogP contribution in [-0.4, -0.2) is 0 Å². The SMILES string of the molecule is CC(N)(c1ccccc1Cl)c1cc(F)c(Cl)cc1Cl. The van der Waals surface area contributed by atoms with E-state index >= 15 is 0 Å². The molecule has 0 spiro atoms. The van der Waals surface area contributed by atoms with E-state index in [-0.39, 0.29) is 5.02 Å². The molecule has 0 aromatic heterocycles. The van der Waals surface area contributed by atoms with Gasteiger partial charge in [-0.15, -0.1) is 0 Å². The monoisotopic (exact) mass is 317 g/mol. The van der Waals surface area contributed by atoms with Gasteiger partial charge in [0.1, 0.15) is 5.82 Å². The average Bonchev–Trinajstić information content (AvgIpc) is 2.34. The van der Waals surface area contributed by atoms with Crippen LogP contribution in [0.1, 0.15) is 18.1 Å². The third-order valence-electron chi connectivity index (χ3n) is 3.00. The summed E-state index contributed by atoms with van der Waals surface area (Å²) in [5.74, 6) is -0.565. The molecule has 2 aromatic carbocycles. The highest BCUT2D eigenvalue weighted by Crippen LogP contribution is 2.37. The van der Waals surface area contributed by atoms with E-state index in [1.807, 2.05) is 6.07 Å². The molecule has 1 atom stereocenters. The summed E-state index contributed by atoms with van der Waals surface area (Å²) >= 11 is 17.9. The second-order valence-electron chi connectivity index (χ2n) is 4.43. The first-order valence-electron chi connectivity index (χ1n) is 5.53. The molecule has 0 saturated carbocycles. The fourth-order valence-electron chi connectivity index (χ4n) is 1.95. The van der Waals surface area contributed by atoms with Crippen LogP contribution in [0.25, 0.3) is 0 Å². The standard InChI is InChI=1S/C14H11Cl3FN/c1-14(19,8-4-2-3-5-10(8)15)9-6-13(18)12(17)7-11(9)16/h2-7H,19H2,1H3. The van der Waals surface area contributed by atoms with E-state index in [9.17, 15) is 4.39 Å². The maximum absolute atomic E-state index is 13.6. The maximum atomic E-state index is 13.6. The van der Waals surface area contributed by atoms with Gasteiger partial charge in [-0.05, 0) is 36.2 Å². The second-order valence-corrected chi connectivity index (χ2v) is 5.65. The zero-order valence-electron chi connectivity index (χ0n) is 10.1. The molecule has 0 heterocycles. The van der Waals surface area contributed by atoms with Crippen molar-refractivity contribution in [2.24, 2.45) is 5.73 Å². The minimum atomic E-state index is -1.01. The van der Waals surface area contributed by atoms with Crippen LogP contribution in [-0.2, 0) is 5.54 Å². The van der Waals surface area contributed by atoms with Gasteiger partial charge >= 0.3 is 0 Å². The van der Waals surface area contributed by atoms with E-state index in [1.165, 1.54) is 12.1 Å². The van der Waals surface area contributed by atoms with E-state index in [0.717, 1.165) is 0 Å². The lowest BCUT2D eigenvalue weighted by Crippen LogP contribution is -2.35. The predicted molar refractivity (Wildman–Crippen MR) is 78.5 cm³/mol. The summed E-state index contributed by atoms with van der Waals surface area (Å²) in [6, 6.07) is 9.70. The molecule has 1 unspecified atom stereocenters. The Balaban J connectivity index is 2.63. The van der Waals surface area contributed by atoms with Crippen molar-refractivity contribution in [3.63, 3.8) is 0 Å². The van der Waals surface area contributed by atoms with Crippen molar-refractivity contribution in [2.75, 3.05) is 0 Å². The summed E-state index contributed by atoms with van der Waals surface area (Å²) in [6.45, 7) is 1.72. The third kappa shape index (κ3) is 2.72. The van der Waals surface area contributed by atoms with E-state index in [2.05, 4.69) is 0 Å². The van der Waals surface area contributed by atoms with Crippen molar-refractivity contribution in [2.45, 2.75) is 12.5 Å². The highest BCUT2D eigenvalue weighted by Gasteiger charge is 2.29. The number of benzene rings is 2. The van der Waals surface area contributed by atoms with Gasteiger partial charge in [0.05, 0.1) is 10.6 Å². The topological polar surface area (TPSA) is 26.0 Å². The molecule has 0 aliphatic carbocycles. The zero-order chi connectivity index (χ0) is 14.2. The third-order valence-corrected chi connectivity index (χ3v) is 3.93. The van der Waals surface area contributed by atoms with Crippen LogP contribution in [0, 0.1) is 5.82 Å². The summed E-state index contributed by atoms with van der Waals surface area (Å²) in [6.07, 6.45) is 0. The first-order chi connectivity index (χ1) is 8.84. The van der Waals surface area contributed by atoms with Crippen molar-refractivity contribution in [3.05, 3.63) is 68.4 Å². The van der Waals surface area contributed by atoms with E-state index in [0.29, 0.717) is 21.2 Å². The molecule has 2 aromatic rings. The van der Waals surface area contributed by atoms with Crippen molar-refractivity contribution in [1.29, 1.82) is 0 Å². The second kappa shape index (κ2) is 5.29. The van der Waals surface area contributed by atoms with Gasteiger partial charge in [0.2, 0.25) is 0 Å². The molecular formula is C14H11Cl3FN. The van der Waals surface area contributed by atoms with Gasteiger partial charge in [0, 0.05) is 10.0 Å². The molecule has 5 heteroatoms. The molecule has 0 fully saturated rings. The fourth-order valence-corrected chi connectivity index (χ4v) is 2.86. The normalized spacial score (nSPS) is 14.2. The summed E-state index contributed by atoms with van der Waals surface area (Å²) in [5, 5.41) is 0.763. The van der Waals surface area contributed by atoms with Gasteiger partial charge in [-0.1, -0.05) is 53.0 Å². The largest absolute Gasteiger partial charge is 0.318 e. The lowest BCUT2D eigenvalue weighted by molar-refractivity contribution is 0.582. The number of rotatable bonds is 2. The summed E-state index contributed by atoms with van der Waals surface area (Å²) in [7, 11) is 0. The number of nitrogens with two attached hydrogens (primary N) is 1. The van der Waals surface area contributed by atoms with Crippen LogP contribution in [0.15, 0.2) is 36.4 Å². The van der Waals surface area contributed by atoms with Gasteiger partial charge < -0.3 is 5.73 Å². The van der Waals surface area contributed by atoms with Crippen LogP contribution in [0.2, 0.25) is 15.1 Å². The molecule has 19 heavy (non-hydrogen) atoms. The quantitative estimate of drug-likeness (QED) is 0.774. The van der Waals surface area contributed by atoms with Gasteiger partial charge in [-0.25, -0.2) is 4.39 Å². The highest BCUT2D eigenvalue weighted by molar-refractivity contribution is 6.35. The van der Waals surface area contributed by atoms with Crippen LogP contribution < -0.4 is 5.73 Å². The smallest absolute Gasteiger partial charge is 0.142 e. The highest BCUT2D eigenvalue weighted by atomic mass is 35.5. The van der Waals surface area contributed by atoms with E-state index < -0.39 is 11.4 Å². The average molecular weight is 319 g/mol. The summed E-state index contributed by atoms with van der Waals surface area (Å²) < 4.78 is 13.6. The van der Waals surface area contributed by atoms with Crippen molar-refractivity contribution in [1.82, 2.24) is 0 Å². The van der Waals surface area contributed by atoms with Crippen LogP contribution in [0.3, 0.4) is 0 Å². The molecule has 0 aliphatic rings. The summed E-state index contributed by atoms with van der Waals surface area (Å²) in [4.78, 5) is 0. The Morgan fingerprint density at radius 2 is 1.58 bits per heavy atom. The van der Waals surface area contributed by atoms with Gasteiger partial charge in [0.25, 0.3) is 0 Å². The van der Waals surface area contributed by atoms with Gasteiger partial charge in [-0.2, -0.15) is 0 Å². The Hall–Kier alpha value is -0.800. The Kier molecular flexibility index (Phi) is 4.07. The Morgan fingerprint density at radius 1 is 0.947 bits per heavy atom. The molecule has 0 saturated heterocycles. The molecule has 0 amide bonds. The number of hydrogen-bond donors (Lipinski definition) is 1. The van der Waals surface area contributed by atoms with E-state index in [1.54, 1.807) is 25.1 Å². The Bertz CT molecular complexity index is 626. The van der Waals surface area contributed by atoms with Gasteiger partial charge in [-0.3, -0.25) is 0 Å². The Labute approximate surface area is 126 Å². The van der Waals surface area contributed by atoms with Crippen molar-refractivity contribution >= 4 is 34.8 Å². The molecule has 2 N–H and O–H groups in total. The predicted octanol–water partition coefficient (Wildman–Crippen LogP) is 5.01. The van der Waals surface area contributed by atoms with E-state index in [4.69, 9.17) is 40.5 Å². The van der Waals surface area contributed by atoms with Crippen LogP contribution in [0.4, 0.5) is 4.39 Å². The number of hydrogen-bond acceptors (Lipinski definition) is 1. The zero-order valence-corrected chi connectivity index (χ0v) is 12.3. The van der Waals surface area contributed by atoms with Crippen molar-refractivity contribution < 1.29 is 4.39 Å². The first-order valence-corrected chi connectivity index (χ1v) is 6.66. The number of halogens is 4. The fraction of sp³-hybridized carbons (Fsp3) is 0.143. The van der Waals surface area contributed by atoms with Crippen LogP contribution in [0.5, 0.6) is 0 Å². The minimum Gasteiger partial charge on any atom is -0.318 e. The first kappa shape index (κ1) is 14.6. The van der Waals surface area contributed by atoms with Crippen LogP contribution >= 0.6 is 34.8 Å². The molecule has 100 valence electrons. The molecule has 0 bridgehead atoms. The lowest BCUT2D eigenvalue weighted by Gasteiger charge is -2.28. The maximum Gasteiger partial charge on any atom is 0.142 e. The molecule has 0 aliphatic heterocycles. The van der Waals surface area contributed by atoms with Crippen molar-refractivity contribution in [3.8, 4) is 0 Å². The molecule has 2 rings (SSSR count). The molecule has 0 radical (unpaired) electrons. The molecular weight excluding hydrogens is 308 g/mol. The lowest BCUT2D eigenvalue weighted by atomic mass is 9.85. The Morgan fingerprint density at radius 3 is 2.21 bits per heavy atom. The van der Waals surface area contributed by atoms with Gasteiger partial charge in [0.15, 0.2) is 0 Å². The molecule has 1 nitrogen and oxygen atoms in total.